The Morgan fingerprint density at radius 3 is 2.61 bits per heavy atom. The van der Waals surface area contributed by atoms with Crippen molar-refractivity contribution in [1.29, 1.82) is 0 Å². The van der Waals surface area contributed by atoms with E-state index in [-0.39, 0.29) is 0 Å². The van der Waals surface area contributed by atoms with E-state index < -0.39 is 5.91 Å². The van der Waals surface area contributed by atoms with Gasteiger partial charge in [-0.3, -0.25) is 19.4 Å². The number of nitrogens with zero attached hydrogens (tertiary/aromatic N) is 4. The van der Waals surface area contributed by atoms with Gasteiger partial charge >= 0.3 is 0 Å². The van der Waals surface area contributed by atoms with E-state index in [0.29, 0.717) is 11.5 Å². The van der Waals surface area contributed by atoms with Gasteiger partial charge < -0.3 is 5.73 Å². The normalized spacial score (nSPS) is 15.6. The van der Waals surface area contributed by atoms with Crippen LogP contribution in [0.2, 0.25) is 0 Å². The third-order valence-electron chi connectivity index (χ3n) is 5.58. The summed E-state index contributed by atoms with van der Waals surface area (Å²) in [5.74, 6) is 0.0816. The van der Waals surface area contributed by atoms with Gasteiger partial charge in [-0.15, -0.1) is 0 Å². The summed E-state index contributed by atoms with van der Waals surface area (Å²) in [5.41, 5.74) is 10.3. The summed E-state index contributed by atoms with van der Waals surface area (Å²) in [6.07, 6.45) is 5.98. The molecule has 28 heavy (non-hydrogen) atoms. The molecule has 0 aliphatic carbocycles. The molecule has 1 saturated heterocycles. The summed E-state index contributed by atoms with van der Waals surface area (Å²) in [7, 11) is 1.99. The molecule has 0 atom stereocenters. The lowest BCUT2D eigenvalue weighted by atomic mass is 9.92. The van der Waals surface area contributed by atoms with Crippen molar-refractivity contribution in [1.82, 2.24) is 19.7 Å². The Morgan fingerprint density at radius 2 is 1.96 bits per heavy atom. The minimum absolute atomic E-state index is 0.413. The molecule has 3 aromatic rings. The first-order chi connectivity index (χ1) is 13.6. The highest BCUT2D eigenvalue weighted by Gasteiger charge is 2.22. The predicted octanol–water partition coefficient (Wildman–Crippen LogP) is 2.96. The largest absolute Gasteiger partial charge is 0.366 e. The summed E-state index contributed by atoms with van der Waals surface area (Å²) >= 11 is 0. The van der Waals surface area contributed by atoms with E-state index in [4.69, 9.17) is 10.7 Å². The number of benzene rings is 1. The first kappa shape index (κ1) is 18.4. The number of aromatic nitrogens is 3. The van der Waals surface area contributed by atoms with Gasteiger partial charge in [0.05, 0.1) is 5.69 Å². The molecule has 1 aromatic carbocycles. The molecule has 0 spiro atoms. The number of amides is 1. The van der Waals surface area contributed by atoms with E-state index >= 15 is 0 Å². The number of carbonyl (C=O) groups excluding carboxylic acids is 1. The second-order valence-electron chi connectivity index (χ2n) is 7.41. The number of likely N-dealkylation sites (tertiary alicyclic amines) is 1. The van der Waals surface area contributed by atoms with E-state index in [0.717, 1.165) is 49.3 Å². The second-order valence-corrected chi connectivity index (χ2v) is 7.41. The van der Waals surface area contributed by atoms with E-state index in [2.05, 4.69) is 28.2 Å². The Labute approximate surface area is 165 Å². The monoisotopic (exact) mass is 375 g/mol. The van der Waals surface area contributed by atoms with Gasteiger partial charge in [0.15, 0.2) is 0 Å². The number of rotatable bonds is 5. The van der Waals surface area contributed by atoms with Crippen LogP contribution in [0.25, 0.3) is 11.1 Å². The quantitative estimate of drug-likeness (QED) is 0.744. The number of primary amides is 1. The van der Waals surface area contributed by atoms with E-state index in [1.165, 1.54) is 5.69 Å². The Kier molecular flexibility index (Phi) is 5.21. The van der Waals surface area contributed by atoms with Crippen molar-refractivity contribution in [3.05, 3.63) is 71.8 Å². The first-order valence-electron chi connectivity index (χ1n) is 9.65. The van der Waals surface area contributed by atoms with Gasteiger partial charge in [0.2, 0.25) is 5.91 Å². The van der Waals surface area contributed by atoms with Gasteiger partial charge in [-0.1, -0.05) is 18.2 Å². The van der Waals surface area contributed by atoms with Crippen molar-refractivity contribution in [3.8, 4) is 11.1 Å². The van der Waals surface area contributed by atoms with Crippen LogP contribution in [0.1, 0.15) is 40.5 Å². The number of hydrogen-bond acceptors (Lipinski definition) is 4. The smallest absolute Gasteiger partial charge is 0.248 e. The summed E-state index contributed by atoms with van der Waals surface area (Å²) in [6, 6.07) is 13.7. The van der Waals surface area contributed by atoms with Crippen molar-refractivity contribution in [2.24, 2.45) is 12.8 Å². The number of hydrogen-bond donors (Lipinski definition) is 1. The maximum atomic E-state index is 11.4. The Balaban J connectivity index is 1.39. The molecule has 2 N–H and O–H groups in total. The van der Waals surface area contributed by atoms with Gasteiger partial charge in [0.1, 0.15) is 0 Å². The fourth-order valence-electron chi connectivity index (χ4n) is 3.84. The minimum atomic E-state index is -0.413. The van der Waals surface area contributed by atoms with Crippen LogP contribution in [0.4, 0.5) is 0 Å². The molecule has 1 aliphatic heterocycles. The Morgan fingerprint density at radius 1 is 1.14 bits per heavy atom. The molecule has 6 nitrogen and oxygen atoms in total. The van der Waals surface area contributed by atoms with Crippen LogP contribution in [0.5, 0.6) is 0 Å². The zero-order valence-electron chi connectivity index (χ0n) is 16.1. The van der Waals surface area contributed by atoms with Crippen molar-refractivity contribution < 1.29 is 4.79 Å². The first-order valence-corrected chi connectivity index (χ1v) is 9.65. The molecule has 0 radical (unpaired) electrons. The molecule has 144 valence electrons. The van der Waals surface area contributed by atoms with E-state index in [1.54, 1.807) is 6.07 Å². The van der Waals surface area contributed by atoms with Crippen LogP contribution >= 0.6 is 0 Å². The van der Waals surface area contributed by atoms with Crippen LogP contribution in [-0.2, 0) is 13.6 Å². The zero-order valence-corrected chi connectivity index (χ0v) is 16.1. The third kappa shape index (κ3) is 3.97. The molecule has 1 aliphatic rings. The maximum absolute atomic E-state index is 11.4. The van der Waals surface area contributed by atoms with Gasteiger partial charge in [0, 0.05) is 48.7 Å². The van der Waals surface area contributed by atoms with Gasteiger partial charge in [-0.05, 0) is 55.8 Å². The Bertz CT molecular complexity index is 955. The molecule has 1 fully saturated rings. The summed E-state index contributed by atoms with van der Waals surface area (Å²) in [5, 5.41) is 4.25. The number of aryl methyl sites for hydroxylation is 1. The number of carbonyl (C=O) groups is 1. The van der Waals surface area contributed by atoms with E-state index in [1.807, 2.05) is 42.3 Å². The molecule has 6 heteroatoms. The van der Waals surface area contributed by atoms with Crippen LogP contribution in [-0.4, -0.2) is 38.7 Å². The number of piperidine rings is 1. The lowest BCUT2D eigenvalue weighted by Gasteiger charge is -2.31. The van der Waals surface area contributed by atoms with Gasteiger partial charge in [-0.2, -0.15) is 5.10 Å². The lowest BCUT2D eigenvalue weighted by molar-refractivity contribution is 0.100. The van der Waals surface area contributed by atoms with Crippen LogP contribution in [0.3, 0.4) is 0 Å². The predicted molar refractivity (Wildman–Crippen MR) is 109 cm³/mol. The highest BCUT2D eigenvalue weighted by atomic mass is 16.1. The molecule has 4 rings (SSSR count). The fourth-order valence-corrected chi connectivity index (χ4v) is 3.84. The topological polar surface area (TPSA) is 77.0 Å². The van der Waals surface area contributed by atoms with Crippen LogP contribution in [0.15, 0.2) is 54.9 Å². The summed E-state index contributed by atoms with van der Waals surface area (Å²) in [6.45, 7) is 3.09. The van der Waals surface area contributed by atoms with Crippen LogP contribution in [0, 0.1) is 0 Å². The Hall–Kier alpha value is -2.99. The molecular formula is C22H25N5O. The highest BCUT2D eigenvalue weighted by molar-refractivity contribution is 5.94. The highest BCUT2D eigenvalue weighted by Crippen LogP contribution is 2.29. The maximum Gasteiger partial charge on any atom is 0.248 e. The molecule has 0 saturated carbocycles. The molecular weight excluding hydrogens is 350 g/mol. The van der Waals surface area contributed by atoms with Crippen molar-refractivity contribution >= 4 is 5.91 Å². The average molecular weight is 375 g/mol. The van der Waals surface area contributed by atoms with Gasteiger partial charge in [-0.25, -0.2) is 0 Å². The van der Waals surface area contributed by atoms with Crippen molar-refractivity contribution in [3.63, 3.8) is 0 Å². The lowest BCUT2D eigenvalue weighted by Crippen LogP contribution is -2.33. The molecule has 0 unspecified atom stereocenters. The standard InChI is InChI=1S/C22H25N5O/c1-26-20(7-10-25-26)15-27-11-8-16(9-12-27)21-6-5-19(14-24-21)17-3-2-4-18(13-17)22(23)28/h2-7,10,13-14,16H,8-9,11-12,15H2,1H3,(H2,23,28). The second kappa shape index (κ2) is 7.94. The molecule has 0 bridgehead atoms. The minimum Gasteiger partial charge on any atom is -0.366 e. The van der Waals surface area contributed by atoms with Crippen molar-refractivity contribution in [2.75, 3.05) is 13.1 Å². The third-order valence-corrected chi connectivity index (χ3v) is 5.58. The fraction of sp³-hybridized carbons (Fsp3) is 0.318. The number of pyridine rings is 1. The summed E-state index contributed by atoms with van der Waals surface area (Å²) < 4.78 is 1.94. The van der Waals surface area contributed by atoms with Crippen molar-refractivity contribution in [2.45, 2.75) is 25.3 Å². The molecule has 1 amide bonds. The molecule has 3 heterocycles. The average Bonchev–Trinajstić information content (AvgIpc) is 3.13. The van der Waals surface area contributed by atoms with Crippen LogP contribution < -0.4 is 5.73 Å². The summed E-state index contributed by atoms with van der Waals surface area (Å²) in [4.78, 5) is 18.6. The SMILES string of the molecule is Cn1nccc1CN1CCC(c2ccc(-c3cccc(C(N)=O)c3)cn2)CC1. The van der Waals surface area contributed by atoms with E-state index in [9.17, 15) is 4.79 Å². The zero-order chi connectivity index (χ0) is 19.5. The molecule has 2 aromatic heterocycles. The number of nitrogens with two attached hydrogens (primary N) is 1. The van der Waals surface area contributed by atoms with Gasteiger partial charge in [0.25, 0.3) is 0 Å².